The van der Waals surface area contributed by atoms with Crippen molar-refractivity contribution in [2.45, 2.75) is 25.8 Å². The van der Waals surface area contributed by atoms with Crippen molar-refractivity contribution in [1.82, 2.24) is 19.6 Å². The van der Waals surface area contributed by atoms with E-state index in [4.69, 9.17) is 7.58 Å². The quantitative estimate of drug-likeness (QED) is 0.319. The van der Waals surface area contributed by atoms with E-state index in [1.54, 1.807) is 0 Å². The maximum atomic E-state index is 13.8. The lowest BCUT2D eigenvalue weighted by atomic mass is 10.0. The summed E-state index contributed by atoms with van der Waals surface area (Å²) >= 11 is -3.82. The molecule has 3 heterocycles. The summed E-state index contributed by atoms with van der Waals surface area (Å²) in [6.45, 7) is 4.42. The van der Waals surface area contributed by atoms with E-state index in [2.05, 4.69) is 4.90 Å². The maximum absolute atomic E-state index is 13.8. The summed E-state index contributed by atoms with van der Waals surface area (Å²) in [7, 11) is 0. The third-order valence-corrected chi connectivity index (χ3v) is 7.82. The van der Waals surface area contributed by atoms with Crippen molar-refractivity contribution in [1.29, 1.82) is 0 Å². The van der Waals surface area contributed by atoms with Gasteiger partial charge in [-0.3, -0.25) is 43.6 Å². The van der Waals surface area contributed by atoms with Gasteiger partial charge in [0.15, 0.2) is 0 Å². The Balaban J connectivity index is 1.28. The SMILES string of the molecule is O=C(CCCN1C(=O)C=CC1=O)Cc1ccc(CN2CCN3CCN(CC2)CC(=O)[O][Al]([18F])[O]C(=O)C3)cc1. The number of imide groups is 1. The fourth-order valence-corrected chi connectivity index (χ4v) is 5.36. The van der Waals surface area contributed by atoms with Crippen LogP contribution >= 0.6 is 0 Å². The van der Waals surface area contributed by atoms with Gasteiger partial charge in [-0.25, -0.2) is 0 Å². The van der Waals surface area contributed by atoms with E-state index in [-0.39, 0.29) is 50.1 Å². The van der Waals surface area contributed by atoms with Gasteiger partial charge in [0.25, 0.3) is 23.8 Å². The molecule has 208 valence electrons. The largest absolute Gasteiger partial charge is 1.15 e. The van der Waals surface area contributed by atoms with Crippen molar-refractivity contribution in [3.8, 4) is 0 Å². The minimum absolute atomic E-state index is 0.0435. The molecule has 2 atom stereocenters. The molecule has 39 heavy (non-hydrogen) atoms. The molecule has 4 rings (SSSR count). The van der Waals surface area contributed by atoms with Crippen molar-refractivity contribution >= 4 is 44.8 Å². The van der Waals surface area contributed by atoms with Crippen LogP contribution in [0.3, 0.4) is 0 Å². The standard InChI is InChI=1S/C26H34N4O7.Al.FH/c31-22(2-1-9-30-23(32)7-8-24(30)33)16-20-3-5-21(6-4-20)17-27-10-12-28(18-25(34)35)14-15-29(13-11-27)19-26(36)37;;/h3-8H,1-2,9-19H2,(H,34,35)(H,36,37);;1H/q;+3;/p-3/i;;1-1. The third-order valence-electron chi connectivity index (χ3n) is 6.92. The summed E-state index contributed by atoms with van der Waals surface area (Å²) in [5.74, 6) is -2.07. The van der Waals surface area contributed by atoms with E-state index in [1.165, 1.54) is 12.2 Å². The number of hydrogen-bond donors (Lipinski definition) is 0. The van der Waals surface area contributed by atoms with Crippen LogP contribution in [0.2, 0.25) is 0 Å². The van der Waals surface area contributed by atoms with Gasteiger partial charge < -0.3 is 11.1 Å². The van der Waals surface area contributed by atoms with E-state index in [0.29, 0.717) is 52.2 Å². The number of benzene rings is 1. The Hall–Kier alpha value is -2.95. The van der Waals surface area contributed by atoms with Gasteiger partial charge in [-0.1, -0.05) is 24.3 Å². The Kier molecular flexibility index (Phi) is 10.4. The molecule has 13 heteroatoms. The molecule has 2 fully saturated rings. The van der Waals surface area contributed by atoms with Gasteiger partial charge in [0, 0.05) is 77.4 Å². The topological polar surface area (TPSA) is 117 Å². The number of nitrogens with zero attached hydrogens (tertiary/aromatic N) is 4. The van der Waals surface area contributed by atoms with Gasteiger partial charge in [-0.05, 0) is 17.5 Å². The van der Waals surface area contributed by atoms with Crippen molar-refractivity contribution in [2.24, 2.45) is 0 Å². The molecule has 0 aliphatic carbocycles. The Morgan fingerprint density at radius 3 is 1.87 bits per heavy atom. The number of halogens is 1. The van der Waals surface area contributed by atoms with Crippen LogP contribution in [0.15, 0.2) is 36.4 Å². The minimum atomic E-state index is -3.82. The van der Waals surface area contributed by atoms with Gasteiger partial charge in [0.2, 0.25) is 0 Å². The van der Waals surface area contributed by atoms with Crippen molar-refractivity contribution in [3.05, 3.63) is 47.5 Å². The maximum Gasteiger partial charge on any atom is 1.15 e. The van der Waals surface area contributed by atoms with Crippen molar-refractivity contribution in [2.75, 3.05) is 58.9 Å². The normalized spacial score (nSPS) is 23.1. The molecule has 1 aromatic rings. The second-order valence-electron chi connectivity index (χ2n) is 9.88. The number of ketones is 1. The first-order valence-electron chi connectivity index (χ1n) is 13.1. The summed E-state index contributed by atoms with van der Waals surface area (Å²) in [6.07, 6.45) is 3.48. The highest BCUT2D eigenvalue weighted by molar-refractivity contribution is 6.41. The van der Waals surface area contributed by atoms with E-state index >= 15 is 0 Å². The Bertz CT molecular complexity index is 1070. The van der Waals surface area contributed by atoms with Gasteiger partial charge in [-0.2, -0.15) is 0 Å². The summed E-state index contributed by atoms with van der Waals surface area (Å²) in [4.78, 5) is 67.0. The van der Waals surface area contributed by atoms with E-state index in [1.807, 2.05) is 34.1 Å². The number of Topliss-reactive ketones (excluding diaryl/α,β-unsaturated/α-hetero) is 1. The highest BCUT2D eigenvalue weighted by atomic mass is 27.3. The van der Waals surface area contributed by atoms with Gasteiger partial charge in [-0.15, -0.1) is 0 Å². The summed E-state index contributed by atoms with van der Waals surface area (Å²) in [5, 5.41) is 0. The predicted molar refractivity (Wildman–Crippen MR) is 137 cm³/mol. The molecule has 3 aliphatic heterocycles. The average Bonchev–Trinajstić information content (AvgIpc) is 3.23. The lowest BCUT2D eigenvalue weighted by Gasteiger charge is -2.26. The Labute approximate surface area is 231 Å². The van der Waals surface area contributed by atoms with Crippen molar-refractivity contribution in [3.63, 3.8) is 0 Å². The monoisotopic (exact) mass is 557 g/mol. The smallest absolute Gasteiger partial charge is 0.558 e. The molecule has 0 radical (unpaired) electrons. The first kappa shape index (κ1) is 29.0. The molecule has 3 aliphatic rings. The Morgan fingerprint density at radius 2 is 1.31 bits per heavy atom. The fourth-order valence-electron chi connectivity index (χ4n) is 4.75. The molecular weight excluding hydrogens is 525 g/mol. The van der Waals surface area contributed by atoms with Crippen LogP contribution in [0, 0.1) is 0 Å². The Morgan fingerprint density at radius 1 is 0.795 bits per heavy atom. The lowest BCUT2D eigenvalue weighted by molar-refractivity contribution is -0.142. The van der Waals surface area contributed by atoms with Crippen LogP contribution in [-0.4, -0.2) is 123 Å². The number of hydrogen-bond acceptors (Lipinski definition) is 10. The molecule has 2 bridgehead atoms. The lowest BCUT2D eigenvalue weighted by Crippen LogP contribution is -2.40. The second-order valence-corrected chi connectivity index (χ2v) is 10.9. The van der Waals surface area contributed by atoms with E-state index < -0.39 is 27.2 Å². The summed E-state index contributed by atoms with van der Waals surface area (Å²) < 4.78 is 23.2. The van der Waals surface area contributed by atoms with Crippen LogP contribution in [0.1, 0.15) is 24.0 Å². The average molecular weight is 558 g/mol. The highest BCUT2D eigenvalue weighted by Crippen LogP contribution is 2.13. The molecular formula is C26H32AlFN4O7. The zero-order valence-electron chi connectivity index (χ0n) is 21.8. The number of amides is 2. The van der Waals surface area contributed by atoms with Gasteiger partial charge >= 0.3 is 15.3 Å². The minimum Gasteiger partial charge on any atom is -0.558 e. The molecule has 2 amide bonds. The summed E-state index contributed by atoms with van der Waals surface area (Å²) in [5.41, 5.74) is 1.95. The van der Waals surface area contributed by atoms with E-state index in [0.717, 1.165) is 16.0 Å². The molecule has 0 saturated carbocycles. The molecule has 0 aromatic heterocycles. The van der Waals surface area contributed by atoms with Crippen molar-refractivity contribution < 1.29 is 35.1 Å². The molecule has 2 saturated heterocycles. The fraction of sp³-hybridized carbons (Fsp3) is 0.500. The first-order valence-corrected chi connectivity index (χ1v) is 14.5. The third kappa shape index (κ3) is 9.05. The predicted octanol–water partition coefficient (Wildman–Crippen LogP) is -0.0226. The number of rotatable bonds is 8. The van der Waals surface area contributed by atoms with Gasteiger partial charge in [0.05, 0.1) is 13.1 Å². The molecule has 2 unspecified atom stereocenters. The van der Waals surface area contributed by atoms with Crippen LogP contribution in [0.5, 0.6) is 0 Å². The van der Waals surface area contributed by atoms with Crippen LogP contribution in [0.4, 0.5) is 3.52 Å². The van der Waals surface area contributed by atoms with Gasteiger partial charge in [0.1, 0.15) is 5.78 Å². The highest BCUT2D eigenvalue weighted by Gasteiger charge is 2.42. The van der Waals surface area contributed by atoms with Crippen LogP contribution < -0.4 is 0 Å². The van der Waals surface area contributed by atoms with Crippen LogP contribution in [0.25, 0.3) is 0 Å². The molecule has 0 N–H and O–H groups in total. The van der Waals surface area contributed by atoms with Crippen LogP contribution in [-0.2, 0) is 44.5 Å². The number of carbonyl (C=O) groups is 5. The molecule has 0 spiro atoms. The number of carbonyl (C=O) groups excluding carboxylic acids is 5. The molecule has 1 aromatic carbocycles. The number of fused-ring (bicyclic) bond motifs is 3. The zero-order valence-corrected chi connectivity index (χ0v) is 22.9. The zero-order chi connectivity index (χ0) is 27.8. The summed E-state index contributed by atoms with van der Waals surface area (Å²) in [6, 6.07) is 7.82. The molecule has 11 nitrogen and oxygen atoms in total. The van der Waals surface area contributed by atoms with E-state index in [9.17, 15) is 27.5 Å². The second kappa shape index (κ2) is 13.9. The first-order chi connectivity index (χ1) is 18.7.